The Hall–Kier alpha value is -0.380. The van der Waals surface area contributed by atoms with Crippen molar-refractivity contribution in [3.05, 3.63) is 21.9 Å². The van der Waals surface area contributed by atoms with Crippen molar-refractivity contribution < 1.29 is 0 Å². The van der Waals surface area contributed by atoms with Crippen molar-refractivity contribution in [2.75, 3.05) is 0 Å². The van der Waals surface area contributed by atoms with Gasteiger partial charge in [0.15, 0.2) is 0 Å². The third-order valence-electron chi connectivity index (χ3n) is 3.53. The summed E-state index contributed by atoms with van der Waals surface area (Å²) < 4.78 is 0. The molecular weight excluding hydrogens is 240 g/mol. The van der Waals surface area contributed by atoms with E-state index in [4.69, 9.17) is 5.84 Å². The van der Waals surface area contributed by atoms with Gasteiger partial charge in [-0.3, -0.25) is 11.3 Å². The van der Waals surface area contributed by atoms with Crippen molar-refractivity contribution in [2.24, 2.45) is 5.84 Å². The number of aryl methyl sites for hydroxylation is 1. The van der Waals surface area contributed by atoms with E-state index in [0.29, 0.717) is 6.04 Å². The van der Waals surface area contributed by atoms with E-state index in [0.717, 1.165) is 12.8 Å². The Morgan fingerprint density at radius 3 is 2.56 bits per heavy atom. The highest BCUT2D eigenvalue weighted by molar-refractivity contribution is 7.10. The van der Waals surface area contributed by atoms with Gasteiger partial charge in [-0.15, -0.1) is 11.3 Å². The molecule has 0 saturated heterocycles. The lowest BCUT2D eigenvalue weighted by molar-refractivity contribution is 0.480. The van der Waals surface area contributed by atoms with Crippen LogP contribution in [0.1, 0.15) is 75.3 Å². The molecule has 3 heteroatoms. The molecule has 0 aliphatic rings. The van der Waals surface area contributed by atoms with Crippen molar-refractivity contribution in [2.45, 2.75) is 71.3 Å². The molecule has 104 valence electrons. The fraction of sp³-hybridized carbons (Fsp3) is 0.733. The number of unbranched alkanes of at least 4 members (excludes halogenated alkanes) is 5. The summed E-state index contributed by atoms with van der Waals surface area (Å²) in [6.07, 6.45) is 10.3. The zero-order chi connectivity index (χ0) is 13.2. The third-order valence-corrected chi connectivity index (χ3v) is 4.60. The van der Waals surface area contributed by atoms with E-state index in [1.807, 2.05) is 11.3 Å². The number of nitrogens with one attached hydrogen (secondary N) is 1. The zero-order valence-corrected chi connectivity index (χ0v) is 12.7. The first-order valence-corrected chi connectivity index (χ1v) is 8.23. The number of hydrogen-bond acceptors (Lipinski definition) is 3. The van der Waals surface area contributed by atoms with E-state index in [1.54, 1.807) is 0 Å². The summed E-state index contributed by atoms with van der Waals surface area (Å²) in [5, 5.41) is 2.18. The molecule has 1 heterocycles. The van der Waals surface area contributed by atoms with Crippen LogP contribution < -0.4 is 11.3 Å². The largest absolute Gasteiger partial charge is 0.271 e. The van der Waals surface area contributed by atoms with E-state index < -0.39 is 0 Å². The fourth-order valence-electron chi connectivity index (χ4n) is 2.36. The number of hydrogen-bond donors (Lipinski definition) is 2. The Morgan fingerprint density at radius 2 is 1.89 bits per heavy atom. The van der Waals surface area contributed by atoms with E-state index >= 15 is 0 Å². The van der Waals surface area contributed by atoms with Gasteiger partial charge in [-0.25, -0.2) is 0 Å². The maximum absolute atomic E-state index is 5.71. The van der Waals surface area contributed by atoms with Gasteiger partial charge >= 0.3 is 0 Å². The third kappa shape index (κ3) is 5.09. The highest BCUT2D eigenvalue weighted by Crippen LogP contribution is 2.28. The normalized spacial score (nSPS) is 12.8. The maximum atomic E-state index is 5.71. The molecule has 1 atom stereocenters. The predicted octanol–water partition coefficient (Wildman–Crippen LogP) is 4.57. The van der Waals surface area contributed by atoms with Crippen LogP contribution in [0.2, 0.25) is 0 Å². The van der Waals surface area contributed by atoms with Gasteiger partial charge in [0.2, 0.25) is 0 Å². The quantitative estimate of drug-likeness (QED) is 0.371. The standard InChI is InChI=1S/C15H28N2S/c1-3-5-6-7-8-9-10-14(17-16)15-13(4-2)11-12-18-15/h11-12,14,17H,3-10,16H2,1-2H3. The molecule has 18 heavy (non-hydrogen) atoms. The highest BCUT2D eigenvalue weighted by Gasteiger charge is 2.14. The van der Waals surface area contributed by atoms with Crippen LogP contribution in [0, 0.1) is 0 Å². The monoisotopic (exact) mass is 268 g/mol. The Balaban J connectivity index is 2.29. The van der Waals surface area contributed by atoms with Crippen molar-refractivity contribution in [3.8, 4) is 0 Å². The maximum Gasteiger partial charge on any atom is 0.0556 e. The van der Waals surface area contributed by atoms with E-state index in [2.05, 4.69) is 30.7 Å². The molecule has 1 unspecified atom stereocenters. The first kappa shape index (κ1) is 15.7. The molecule has 0 aliphatic carbocycles. The lowest BCUT2D eigenvalue weighted by atomic mass is 10.0. The molecule has 0 aliphatic heterocycles. The minimum absolute atomic E-state index is 0.353. The first-order valence-electron chi connectivity index (χ1n) is 7.35. The minimum atomic E-state index is 0.353. The van der Waals surface area contributed by atoms with Crippen LogP contribution in [0.25, 0.3) is 0 Å². The summed E-state index contributed by atoms with van der Waals surface area (Å²) in [4.78, 5) is 1.44. The van der Waals surface area contributed by atoms with Crippen molar-refractivity contribution in [1.82, 2.24) is 5.43 Å². The van der Waals surface area contributed by atoms with Crippen molar-refractivity contribution in [3.63, 3.8) is 0 Å². The summed E-state index contributed by atoms with van der Waals surface area (Å²) in [6.45, 7) is 4.47. The van der Waals surface area contributed by atoms with Crippen LogP contribution >= 0.6 is 11.3 Å². The smallest absolute Gasteiger partial charge is 0.0556 e. The second-order valence-electron chi connectivity index (χ2n) is 4.94. The van der Waals surface area contributed by atoms with Gasteiger partial charge in [-0.05, 0) is 29.9 Å². The van der Waals surface area contributed by atoms with Gasteiger partial charge in [0.25, 0.3) is 0 Å². The van der Waals surface area contributed by atoms with Gasteiger partial charge in [-0.1, -0.05) is 52.4 Å². The molecule has 0 radical (unpaired) electrons. The van der Waals surface area contributed by atoms with Gasteiger partial charge in [0, 0.05) is 4.88 Å². The predicted molar refractivity (Wildman–Crippen MR) is 81.8 cm³/mol. The molecule has 0 spiro atoms. The van der Waals surface area contributed by atoms with Crippen LogP contribution in [-0.2, 0) is 6.42 Å². The summed E-state index contributed by atoms with van der Waals surface area (Å²) in [6, 6.07) is 2.58. The fourth-order valence-corrected chi connectivity index (χ4v) is 3.46. The topological polar surface area (TPSA) is 38.0 Å². The average molecular weight is 268 g/mol. The number of nitrogens with two attached hydrogens (primary N) is 1. The molecule has 1 aromatic rings. The Bertz CT molecular complexity index is 309. The van der Waals surface area contributed by atoms with Gasteiger partial charge in [-0.2, -0.15) is 0 Å². The number of thiophene rings is 1. The summed E-state index contributed by atoms with van der Waals surface area (Å²) in [5.74, 6) is 5.71. The van der Waals surface area contributed by atoms with Crippen molar-refractivity contribution >= 4 is 11.3 Å². The van der Waals surface area contributed by atoms with Crippen molar-refractivity contribution in [1.29, 1.82) is 0 Å². The highest BCUT2D eigenvalue weighted by atomic mass is 32.1. The Kier molecular flexibility index (Phi) is 8.31. The SMILES string of the molecule is CCCCCCCCC(NN)c1sccc1CC. The van der Waals surface area contributed by atoms with Crippen LogP contribution in [0.5, 0.6) is 0 Å². The molecule has 0 saturated carbocycles. The molecule has 0 amide bonds. The first-order chi connectivity index (χ1) is 8.83. The van der Waals surface area contributed by atoms with Gasteiger partial charge < -0.3 is 0 Å². The number of rotatable bonds is 10. The van der Waals surface area contributed by atoms with Crippen LogP contribution in [0.4, 0.5) is 0 Å². The molecule has 0 bridgehead atoms. The second-order valence-corrected chi connectivity index (χ2v) is 5.89. The molecule has 3 N–H and O–H groups in total. The Morgan fingerprint density at radius 1 is 1.17 bits per heavy atom. The lowest BCUT2D eigenvalue weighted by Gasteiger charge is -2.16. The van der Waals surface area contributed by atoms with Crippen LogP contribution in [-0.4, -0.2) is 0 Å². The van der Waals surface area contributed by atoms with Gasteiger partial charge in [0.05, 0.1) is 6.04 Å². The molecule has 1 aromatic heterocycles. The second kappa shape index (κ2) is 9.54. The molecule has 0 aromatic carbocycles. The lowest BCUT2D eigenvalue weighted by Crippen LogP contribution is -2.28. The minimum Gasteiger partial charge on any atom is -0.271 e. The average Bonchev–Trinajstić information content (AvgIpc) is 2.86. The molecule has 1 rings (SSSR count). The molecular formula is C15H28N2S. The molecule has 0 fully saturated rings. The van der Waals surface area contributed by atoms with Crippen LogP contribution in [0.3, 0.4) is 0 Å². The summed E-state index contributed by atoms with van der Waals surface area (Å²) in [5.41, 5.74) is 4.44. The van der Waals surface area contributed by atoms with Gasteiger partial charge in [0.1, 0.15) is 0 Å². The summed E-state index contributed by atoms with van der Waals surface area (Å²) >= 11 is 1.84. The summed E-state index contributed by atoms with van der Waals surface area (Å²) in [7, 11) is 0. The van der Waals surface area contributed by atoms with E-state index in [9.17, 15) is 0 Å². The van der Waals surface area contributed by atoms with E-state index in [-0.39, 0.29) is 0 Å². The van der Waals surface area contributed by atoms with E-state index in [1.165, 1.54) is 49.0 Å². The Labute approximate surface area is 116 Å². The number of hydrazine groups is 1. The van der Waals surface area contributed by atoms with Crippen LogP contribution in [0.15, 0.2) is 11.4 Å². The zero-order valence-electron chi connectivity index (χ0n) is 11.9. The molecule has 2 nitrogen and oxygen atoms in total.